The molecule has 134 valence electrons. The molecule has 2 unspecified atom stereocenters. The summed E-state index contributed by atoms with van der Waals surface area (Å²) in [7, 11) is 0. The van der Waals surface area contributed by atoms with E-state index in [2.05, 4.69) is 62.9 Å². The molecule has 2 bridgehead atoms. The third kappa shape index (κ3) is 2.72. The molecule has 1 aliphatic heterocycles. The highest BCUT2D eigenvalue weighted by Crippen LogP contribution is 2.53. The van der Waals surface area contributed by atoms with Gasteiger partial charge in [-0.15, -0.1) is 0 Å². The van der Waals surface area contributed by atoms with Gasteiger partial charge in [0.25, 0.3) is 0 Å². The molecule has 3 nitrogen and oxygen atoms in total. The maximum Gasteiger partial charge on any atom is 0.410 e. The van der Waals surface area contributed by atoms with E-state index < -0.39 is 0 Å². The number of likely N-dealkylation sites (tertiary alicyclic amines) is 1. The van der Waals surface area contributed by atoms with Crippen molar-refractivity contribution in [3.63, 3.8) is 0 Å². The number of amides is 1. The van der Waals surface area contributed by atoms with Crippen LogP contribution in [0.2, 0.25) is 0 Å². The van der Waals surface area contributed by atoms with Crippen LogP contribution in [0, 0.1) is 12.8 Å². The minimum Gasteiger partial charge on any atom is -0.445 e. The number of carbonyl (C=O) groups is 1. The van der Waals surface area contributed by atoms with Gasteiger partial charge in [-0.3, -0.25) is 0 Å². The fourth-order valence-corrected chi connectivity index (χ4v) is 4.66. The first-order valence-electron chi connectivity index (χ1n) is 9.35. The summed E-state index contributed by atoms with van der Waals surface area (Å²) in [6.45, 7) is 9.02. The summed E-state index contributed by atoms with van der Waals surface area (Å²) in [6, 6.07) is 15.4. The highest BCUT2D eigenvalue weighted by molar-refractivity contribution is 5.71. The smallest absolute Gasteiger partial charge is 0.410 e. The predicted molar refractivity (Wildman–Crippen MR) is 104 cm³/mol. The number of hydrogen-bond acceptors (Lipinski definition) is 2. The number of rotatable bonds is 3. The van der Waals surface area contributed by atoms with Crippen molar-refractivity contribution in [3.05, 3.63) is 71.8 Å². The van der Waals surface area contributed by atoms with Gasteiger partial charge in [0.15, 0.2) is 0 Å². The van der Waals surface area contributed by atoms with Crippen LogP contribution in [0.15, 0.2) is 55.1 Å². The van der Waals surface area contributed by atoms with Crippen LogP contribution in [0.5, 0.6) is 0 Å². The van der Waals surface area contributed by atoms with Crippen molar-refractivity contribution in [2.75, 3.05) is 13.2 Å². The quantitative estimate of drug-likeness (QED) is 0.690. The van der Waals surface area contributed by atoms with Crippen molar-refractivity contribution in [3.8, 4) is 11.1 Å². The lowest BCUT2D eigenvalue weighted by molar-refractivity contribution is 0.0638. The lowest BCUT2D eigenvalue weighted by Crippen LogP contribution is -2.41. The monoisotopic (exact) mass is 347 g/mol. The fourth-order valence-electron chi connectivity index (χ4n) is 4.66. The van der Waals surface area contributed by atoms with Crippen LogP contribution in [0.1, 0.15) is 42.0 Å². The van der Waals surface area contributed by atoms with Crippen molar-refractivity contribution < 1.29 is 9.53 Å². The minimum atomic E-state index is -0.228. The maximum absolute atomic E-state index is 12.6. The Morgan fingerprint density at radius 3 is 2.81 bits per heavy atom. The molecule has 0 spiro atoms. The number of hydrogen-bond donors (Lipinski definition) is 0. The van der Waals surface area contributed by atoms with E-state index in [1.807, 2.05) is 4.90 Å². The van der Waals surface area contributed by atoms with Crippen LogP contribution in [0.3, 0.4) is 0 Å². The standard InChI is InChI=1S/C23H25NO2/c1-4-12-26-23(25)24-11-10-19-16(3)22(24)21-14-18(8-9-20(19)21)17-7-5-6-15(2)13-17/h4-9,13-14,16,19,22H,1,10-12H2,2-3H3/t16-,19?,22?/m0/s1. The molecule has 2 aromatic carbocycles. The number of benzene rings is 2. The van der Waals surface area contributed by atoms with E-state index in [4.69, 9.17) is 4.74 Å². The predicted octanol–water partition coefficient (Wildman–Crippen LogP) is 5.46. The van der Waals surface area contributed by atoms with E-state index >= 15 is 0 Å². The third-order valence-electron chi connectivity index (χ3n) is 5.86. The van der Waals surface area contributed by atoms with Crippen LogP contribution in [-0.2, 0) is 4.74 Å². The Kier molecular flexibility index (Phi) is 4.31. The second-order valence-corrected chi connectivity index (χ2v) is 7.47. The number of carbonyl (C=O) groups excluding carboxylic acids is 1. The summed E-state index contributed by atoms with van der Waals surface area (Å²) in [5, 5.41) is 0. The van der Waals surface area contributed by atoms with E-state index in [1.54, 1.807) is 6.08 Å². The van der Waals surface area contributed by atoms with Crippen LogP contribution < -0.4 is 0 Å². The van der Waals surface area contributed by atoms with Gasteiger partial charge >= 0.3 is 6.09 Å². The first-order valence-corrected chi connectivity index (χ1v) is 9.35. The number of fused-ring (bicyclic) bond motifs is 5. The largest absolute Gasteiger partial charge is 0.445 e. The number of nitrogens with zero attached hydrogens (tertiary/aromatic N) is 1. The second kappa shape index (κ2) is 6.64. The van der Waals surface area contributed by atoms with Gasteiger partial charge in [-0.25, -0.2) is 4.79 Å². The van der Waals surface area contributed by atoms with Gasteiger partial charge < -0.3 is 9.64 Å². The summed E-state index contributed by atoms with van der Waals surface area (Å²) in [5.41, 5.74) is 6.38. The molecule has 4 rings (SSSR count). The highest BCUT2D eigenvalue weighted by Gasteiger charge is 2.46. The molecule has 26 heavy (non-hydrogen) atoms. The average molecular weight is 347 g/mol. The SMILES string of the molecule is C=CCOC(=O)N1CCC2c3ccc(-c4cccc(C)c4)cc3C1[C@H]2C. The molecule has 1 amide bonds. The van der Waals surface area contributed by atoms with Gasteiger partial charge in [0.1, 0.15) is 6.61 Å². The molecule has 1 aliphatic carbocycles. The van der Waals surface area contributed by atoms with E-state index in [9.17, 15) is 4.79 Å². The van der Waals surface area contributed by atoms with Gasteiger partial charge in [-0.1, -0.05) is 61.5 Å². The first kappa shape index (κ1) is 16.9. The molecular formula is C23H25NO2. The average Bonchev–Trinajstić information content (AvgIpc) is 2.81. The highest BCUT2D eigenvalue weighted by atomic mass is 16.6. The Morgan fingerprint density at radius 1 is 1.23 bits per heavy atom. The topological polar surface area (TPSA) is 29.5 Å². The molecule has 0 saturated carbocycles. The number of aryl methyl sites for hydroxylation is 1. The second-order valence-electron chi connectivity index (χ2n) is 7.47. The molecule has 3 heteroatoms. The Balaban J connectivity index is 1.72. The van der Waals surface area contributed by atoms with Crippen LogP contribution in [-0.4, -0.2) is 24.1 Å². The lowest BCUT2D eigenvalue weighted by Gasteiger charge is -2.37. The van der Waals surface area contributed by atoms with Gasteiger partial charge in [-0.2, -0.15) is 0 Å². The van der Waals surface area contributed by atoms with Crippen LogP contribution in [0.25, 0.3) is 11.1 Å². The zero-order valence-corrected chi connectivity index (χ0v) is 15.4. The fraction of sp³-hybridized carbons (Fsp3) is 0.348. The minimum absolute atomic E-state index is 0.103. The van der Waals surface area contributed by atoms with Gasteiger partial charge in [0, 0.05) is 6.54 Å². The van der Waals surface area contributed by atoms with Crippen molar-refractivity contribution in [2.45, 2.75) is 32.2 Å². The molecule has 1 fully saturated rings. The summed E-state index contributed by atoms with van der Waals surface area (Å²) < 4.78 is 5.34. The molecular weight excluding hydrogens is 322 g/mol. The summed E-state index contributed by atoms with van der Waals surface area (Å²) in [6.07, 6.45) is 2.39. The Hall–Kier alpha value is -2.55. The summed E-state index contributed by atoms with van der Waals surface area (Å²) >= 11 is 0. The van der Waals surface area contributed by atoms with E-state index in [-0.39, 0.29) is 18.7 Å². The molecule has 3 atom stereocenters. The molecule has 2 aliphatic rings. The summed E-state index contributed by atoms with van der Waals surface area (Å²) in [5.74, 6) is 0.952. The molecule has 0 radical (unpaired) electrons. The van der Waals surface area contributed by atoms with Crippen molar-refractivity contribution in [2.24, 2.45) is 5.92 Å². The molecule has 0 N–H and O–H groups in total. The van der Waals surface area contributed by atoms with E-state index in [0.29, 0.717) is 11.8 Å². The van der Waals surface area contributed by atoms with Crippen LogP contribution >= 0.6 is 0 Å². The first-order chi connectivity index (χ1) is 12.6. The van der Waals surface area contributed by atoms with E-state index in [1.165, 1.54) is 27.8 Å². The van der Waals surface area contributed by atoms with Crippen LogP contribution in [0.4, 0.5) is 4.79 Å². The normalized spacial score (nSPS) is 23.5. The summed E-state index contributed by atoms with van der Waals surface area (Å²) in [4.78, 5) is 14.5. The lowest BCUT2D eigenvalue weighted by atomic mass is 9.86. The Labute approximate surface area is 155 Å². The molecule has 1 saturated heterocycles. The third-order valence-corrected chi connectivity index (χ3v) is 5.86. The number of ether oxygens (including phenoxy) is 1. The molecule has 1 heterocycles. The maximum atomic E-state index is 12.6. The molecule has 2 aromatic rings. The Bertz CT molecular complexity index is 857. The van der Waals surface area contributed by atoms with Gasteiger partial charge in [0.05, 0.1) is 6.04 Å². The zero-order valence-electron chi connectivity index (χ0n) is 15.4. The van der Waals surface area contributed by atoms with Crippen molar-refractivity contribution >= 4 is 6.09 Å². The van der Waals surface area contributed by atoms with Crippen molar-refractivity contribution in [1.29, 1.82) is 0 Å². The number of piperidine rings is 1. The van der Waals surface area contributed by atoms with Gasteiger partial charge in [0.2, 0.25) is 0 Å². The van der Waals surface area contributed by atoms with Crippen molar-refractivity contribution in [1.82, 2.24) is 4.90 Å². The zero-order chi connectivity index (χ0) is 18.3. The molecule has 0 aromatic heterocycles. The Morgan fingerprint density at radius 2 is 2.04 bits per heavy atom. The van der Waals surface area contributed by atoms with E-state index in [0.717, 1.165) is 13.0 Å². The van der Waals surface area contributed by atoms with Gasteiger partial charge in [-0.05, 0) is 53.5 Å².